The van der Waals surface area contributed by atoms with Crippen molar-refractivity contribution in [2.24, 2.45) is 0 Å². The highest BCUT2D eigenvalue weighted by atomic mass is 35.5. The number of aromatic amines is 1. The van der Waals surface area contributed by atoms with Crippen LogP contribution >= 0.6 is 11.6 Å². The zero-order valence-corrected chi connectivity index (χ0v) is 13.9. The van der Waals surface area contributed by atoms with Gasteiger partial charge < -0.3 is 10.1 Å². The Bertz CT molecular complexity index is 783. The number of aryl methyl sites for hydroxylation is 1. The molecule has 0 amide bonds. The number of ether oxygens (including phenoxy) is 1. The van der Waals surface area contributed by atoms with Crippen molar-refractivity contribution in [1.82, 2.24) is 14.9 Å². The van der Waals surface area contributed by atoms with Crippen molar-refractivity contribution in [2.75, 3.05) is 13.7 Å². The predicted molar refractivity (Wildman–Crippen MR) is 89.9 cm³/mol. The maximum atomic E-state index is 11.8. The fourth-order valence-electron chi connectivity index (χ4n) is 2.12. The van der Waals surface area contributed by atoms with Gasteiger partial charge in [0.15, 0.2) is 0 Å². The molecule has 0 unspecified atom stereocenters. The molecule has 0 aliphatic rings. The Labute approximate surface area is 139 Å². The lowest BCUT2D eigenvalue weighted by Gasteiger charge is -2.09. The average molecular weight is 338 g/mol. The Balaban J connectivity index is 2.03. The van der Waals surface area contributed by atoms with E-state index >= 15 is 0 Å². The molecule has 124 valence electrons. The number of aromatic nitrogens is 2. The minimum absolute atomic E-state index is 0.355. The molecule has 2 N–H and O–H groups in total. The van der Waals surface area contributed by atoms with Crippen LogP contribution < -0.4 is 16.6 Å². The number of nitrogens with one attached hydrogen (secondary N) is 2. The van der Waals surface area contributed by atoms with E-state index in [1.54, 1.807) is 13.3 Å². The first kappa shape index (κ1) is 17.5. The smallest absolute Gasteiger partial charge is 0.328 e. The molecule has 0 fully saturated rings. The third-order valence-electron chi connectivity index (χ3n) is 3.50. The van der Waals surface area contributed by atoms with E-state index in [0.29, 0.717) is 31.8 Å². The lowest BCUT2D eigenvalue weighted by molar-refractivity contribution is 0.185. The maximum absolute atomic E-state index is 11.8. The Morgan fingerprint density at radius 2 is 2.09 bits per heavy atom. The second-order valence-corrected chi connectivity index (χ2v) is 5.69. The predicted octanol–water partition coefficient (Wildman–Crippen LogP) is 1.43. The summed E-state index contributed by atoms with van der Waals surface area (Å²) in [5, 5.41) is 3.90. The molecule has 2 aromatic rings. The van der Waals surface area contributed by atoms with Crippen molar-refractivity contribution in [3.63, 3.8) is 0 Å². The summed E-state index contributed by atoms with van der Waals surface area (Å²) >= 11 is 6.09. The first-order valence-corrected chi connectivity index (χ1v) is 7.66. The maximum Gasteiger partial charge on any atom is 0.328 e. The lowest BCUT2D eigenvalue weighted by Crippen LogP contribution is -2.34. The second-order valence-electron chi connectivity index (χ2n) is 5.29. The van der Waals surface area contributed by atoms with Crippen molar-refractivity contribution >= 4 is 11.6 Å². The van der Waals surface area contributed by atoms with Gasteiger partial charge in [-0.2, -0.15) is 0 Å². The summed E-state index contributed by atoms with van der Waals surface area (Å²) < 4.78 is 6.39. The van der Waals surface area contributed by atoms with Gasteiger partial charge >= 0.3 is 5.69 Å². The van der Waals surface area contributed by atoms with Crippen LogP contribution in [0.1, 0.15) is 16.7 Å². The van der Waals surface area contributed by atoms with E-state index in [0.717, 1.165) is 16.1 Å². The fourth-order valence-corrected chi connectivity index (χ4v) is 2.33. The molecule has 0 radical (unpaired) electrons. The molecule has 0 aliphatic carbocycles. The highest BCUT2D eigenvalue weighted by Crippen LogP contribution is 2.16. The number of benzene rings is 1. The van der Waals surface area contributed by atoms with Crippen LogP contribution in [0.5, 0.6) is 0 Å². The van der Waals surface area contributed by atoms with Crippen LogP contribution in [0.15, 0.2) is 34.0 Å². The number of halogens is 1. The van der Waals surface area contributed by atoms with Gasteiger partial charge in [-0.3, -0.25) is 14.3 Å². The molecule has 23 heavy (non-hydrogen) atoms. The Hall–Kier alpha value is -1.89. The Morgan fingerprint density at radius 1 is 1.30 bits per heavy atom. The highest BCUT2D eigenvalue weighted by molar-refractivity contribution is 6.31. The summed E-state index contributed by atoms with van der Waals surface area (Å²) in [6, 6.07) is 5.84. The molecule has 0 aliphatic heterocycles. The second kappa shape index (κ2) is 8.10. The van der Waals surface area contributed by atoms with Gasteiger partial charge in [-0.15, -0.1) is 0 Å². The molecule has 1 aromatic carbocycles. The number of hydrogen-bond acceptors (Lipinski definition) is 4. The summed E-state index contributed by atoms with van der Waals surface area (Å²) in [5.74, 6) is 0. The fraction of sp³-hybridized carbons (Fsp3) is 0.375. The molecule has 0 atom stereocenters. The van der Waals surface area contributed by atoms with Crippen LogP contribution in [0.4, 0.5) is 0 Å². The number of methoxy groups -OCH3 is 1. The average Bonchev–Trinajstić information content (AvgIpc) is 2.52. The van der Waals surface area contributed by atoms with E-state index in [-0.39, 0.29) is 5.56 Å². The molecule has 7 heteroatoms. The normalized spacial score (nSPS) is 10.9. The van der Waals surface area contributed by atoms with Gasteiger partial charge in [-0.25, -0.2) is 4.79 Å². The minimum atomic E-state index is -0.430. The van der Waals surface area contributed by atoms with E-state index in [1.807, 2.05) is 25.1 Å². The van der Waals surface area contributed by atoms with Gasteiger partial charge in [-0.05, 0) is 24.1 Å². The zero-order valence-electron chi connectivity index (χ0n) is 13.2. The first-order valence-electron chi connectivity index (χ1n) is 7.28. The van der Waals surface area contributed by atoms with Crippen LogP contribution in [-0.2, 0) is 24.4 Å². The van der Waals surface area contributed by atoms with Crippen molar-refractivity contribution in [2.45, 2.75) is 26.6 Å². The van der Waals surface area contributed by atoms with Crippen LogP contribution in [0.3, 0.4) is 0 Å². The summed E-state index contributed by atoms with van der Waals surface area (Å²) in [5.41, 5.74) is 1.75. The summed E-state index contributed by atoms with van der Waals surface area (Å²) in [6.07, 6.45) is 1.56. The topological polar surface area (TPSA) is 76.1 Å². The van der Waals surface area contributed by atoms with Gasteiger partial charge in [0.25, 0.3) is 5.56 Å². The summed E-state index contributed by atoms with van der Waals surface area (Å²) in [7, 11) is 1.56. The van der Waals surface area contributed by atoms with Gasteiger partial charge in [0, 0.05) is 37.0 Å². The van der Waals surface area contributed by atoms with Gasteiger partial charge in [0.1, 0.15) is 0 Å². The zero-order chi connectivity index (χ0) is 16.8. The molecule has 0 bridgehead atoms. The standard InChI is InChI=1S/C16H20ClN3O3/c1-11-3-4-12(7-14(11)17)8-18-9-13-10-20(5-6-23-2)16(22)19-15(13)21/h3-4,7,10,18H,5-6,8-9H2,1-2H3,(H,19,21,22). The molecule has 1 heterocycles. The van der Waals surface area contributed by atoms with Crippen LogP contribution in [-0.4, -0.2) is 23.3 Å². The van der Waals surface area contributed by atoms with E-state index in [1.165, 1.54) is 4.57 Å². The van der Waals surface area contributed by atoms with E-state index in [2.05, 4.69) is 10.3 Å². The number of hydrogen-bond donors (Lipinski definition) is 2. The van der Waals surface area contributed by atoms with E-state index in [9.17, 15) is 9.59 Å². The number of rotatable bonds is 7. The third kappa shape index (κ3) is 4.79. The molecule has 6 nitrogen and oxygen atoms in total. The monoisotopic (exact) mass is 337 g/mol. The summed E-state index contributed by atoms with van der Waals surface area (Å²) in [6.45, 7) is 3.68. The first-order chi connectivity index (χ1) is 11.0. The van der Waals surface area contributed by atoms with Gasteiger partial charge in [0.2, 0.25) is 0 Å². The molecule has 1 aromatic heterocycles. The molecule has 0 spiro atoms. The molecular formula is C16H20ClN3O3. The van der Waals surface area contributed by atoms with E-state index < -0.39 is 5.69 Å². The minimum Gasteiger partial charge on any atom is -0.383 e. The van der Waals surface area contributed by atoms with Crippen LogP contribution in [0, 0.1) is 6.92 Å². The third-order valence-corrected chi connectivity index (χ3v) is 3.91. The van der Waals surface area contributed by atoms with E-state index in [4.69, 9.17) is 16.3 Å². The Morgan fingerprint density at radius 3 is 2.78 bits per heavy atom. The number of nitrogens with zero attached hydrogens (tertiary/aromatic N) is 1. The van der Waals surface area contributed by atoms with Gasteiger partial charge in [-0.1, -0.05) is 23.7 Å². The van der Waals surface area contributed by atoms with Crippen LogP contribution in [0.25, 0.3) is 0 Å². The molecular weight excluding hydrogens is 318 g/mol. The largest absolute Gasteiger partial charge is 0.383 e. The highest BCUT2D eigenvalue weighted by Gasteiger charge is 2.05. The van der Waals surface area contributed by atoms with Crippen molar-refractivity contribution in [1.29, 1.82) is 0 Å². The SMILES string of the molecule is COCCn1cc(CNCc2ccc(C)c(Cl)c2)c(=O)[nH]c1=O. The quantitative estimate of drug-likeness (QED) is 0.801. The molecule has 0 saturated heterocycles. The Kier molecular flexibility index (Phi) is 6.15. The lowest BCUT2D eigenvalue weighted by atomic mass is 10.1. The van der Waals surface area contributed by atoms with Crippen molar-refractivity contribution in [3.8, 4) is 0 Å². The number of H-pyrrole nitrogens is 1. The van der Waals surface area contributed by atoms with Crippen molar-refractivity contribution in [3.05, 3.63) is 66.9 Å². The van der Waals surface area contributed by atoms with Crippen LogP contribution in [0.2, 0.25) is 5.02 Å². The van der Waals surface area contributed by atoms with Gasteiger partial charge in [0.05, 0.1) is 13.2 Å². The summed E-state index contributed by atoms with van der Waals surface area (Å²) in [4.78, 5) is 25.8. The molecule has 2 rings (SSSR count). The molecule has 0 saturated carbocycles. The van der Waals surface area contributed by atoms with Crippen molar-refractivity contribution < 1.29 is 4.74 Å².